The molecule has 2 rings (SSSR count). The Hall–Kier alpha value is -2.46. The van der Waals surface area contributed by atoms with Crippen LogP contribution in [0, 0.1) is 17.8 Å². The molecule has 176 valence electrons. The minimum atomic E-state index is -3.44. The highest BCUT2D eigenvalue weighted by Gasteiger charge is 2.52. The number of unbranched alkanes of at least 4 members (excludes halogenated alkanes) is 3. The van der Waals surface area contributed by atoms with Crippen LogP contribution in [-0.4, -0.2) is 51.6 Å². The monoisotopic (exact) mass is 449 g/mol. The number of amides is 1. The molecule has 3 atom stereocenters. The Morgan fingerprint density at radius 1 is 1.19 bits per heavy atom. The molecule has 1 unspecified atom stereocenters. The van der Waals surface area contributed by atoms with E-state index in [0.29, 0.717) is 25.7 Å². The minimum Gasteiger partial charge on any atom is -0.481 e. The number of likely N-dealkylation sites (tertiary alicyclic amines) is 1. The van der Waals surface area contributed by atoms with Gasteiger partial charge in [-0.15, -0.1) is 0 Å². The molecular formula is C25H33F2NO4. The van der Waals surface area contributed by atoms with Crippen LogP contribution in [0.25, 0.3) is 0 Å². The largest absolute Gasteiger partial charge is 0.481 e. The van der Waals surface area contributed by atoms with Crippen LogP contribution < -0.4 is 0 Å². The Bertz CT molecular complexity index is 803. The molecule has 32 heavy (non-hydrogen) atoms. The number of rotatable bonds is 12. The standard InChI is InChI=1S/C25H33F2NO4/c1-19(10-9-13-20-11-5-4-6-12-20)22(29)16-15-21-18-25(26,27)24(32)28(21)17-8-3-2-7-14-23(30)31/h4-6,11-12,19,21-22,29H,2-3,7-10,13-14,17-18H2,1H3,(H,30,31)/t19-,21?,22+/m0/s1. The van der Waals surface area contributed by atoms with E-state index in [2.05, 4.69) is 24.0 Å². The fourth-order valence-electron chi connectivity index (χ4n) is 3.84. The quantitative estimate of drug-likeness (QED) is 0.369. The number of aryl methyl sites for hydroxylation is 1. The van der Waals surface area contributed by atoms with E-state index in [1.807, 2.05) is 25.1 Å². The molecule has 2 N–H and O–H groups in total. The number of aliphatic carboxylic acids is 1. The topological polar surface area (TPSA) is 77.8 Å². The van der Waals surface area contributed by atoms with Crippen LogP contribution >= 0.6 is 0 Å². The first-order valence-electron chi connectivity index (χ1n) is 11.3. The van der Waals surface area contributed by atoms with E-state index in [0.717, 1.165) is 24.2 Å². The zero-order chi connectivity index (χ0) is 23.6. The van der Waals surface area contributed by atoms with Crippen molar-refractivity contribution in [2.75, 3.05) is 6.54 Å². The Morgan fingerprint density at radius 3 is 2.56 bits per heavy atom. The van der Waals surface area contributed by atoms with Crippen molar-refractivity contribution in [3.63, 3.8) is 0 Å². The van der Waals surface area contributed by atoms with Crippen molar-refractivity contribution in [3.8, 4) is 11.8 Å². The minimum absolute atomic E-state index is 0.0796. The van der Waals surface area contributed by atoms with Gasteiger partial charge in [-0.25, -0.2) is 0 Å². The number of hydrogen-bond donors (Lipinski definition) is 2. The van der Waals surface area contributed by atoms with E-state index in [-0.39, 0.29) is 18.9 Å². The third kappa shape index (κ3) is 8.23. The maximum absolute atomic E-state index is 14.0. The molecule has 1 aromatic carbocycles. The second kappa shape index (κ2) is 12.5. The van der Waals surface area contributed by atoms with Crippen molar-refractivity contribution in [1.29, 1.82) is 0 Å². The molecular weight excluding hydrogens is 416 g/mol. The van der Waals surface area contributed by atoms with E-state index >= 15 is 0 Å². The van der Waals surface area contributed by atoms with Crippen molar-refractivity contribution >= 4 is 11.9 Å². The van der Waals surface area contributed by atoms with Gasteiger partial charge in [0, 0.05) is 13.0 Å². The van der Waals surface area contributed by atoms with Gasteiger partial charge < -0.3 is 15.1 Å². The lowest BCUT2D eigenvalue weighted by molar-refractivity contribution is -0.148. The van der Waals surface area contributed by atoms with Gasteiger partial charge in [-0.2, -0.15) is 8.78 Å². The van der Waals surface area contributed by atoms with Crippen molar-refractivity contribution in [3.05, 3.63) is 35.9 Å². The van der Waals surface area contributed by atoms with Gasteiger partial charge in [-0.3, -0.25) is 9.59 Å². The first kappa shape index (κ1) is 25.8. The maximum Gasteiger partial charge on any atom is 0.327 e. The molecule has 5 nitrogen and oxygen atoms in total. The van der Waals surface area contributed by atoms with Crippen molar-refractivity contribution < 1.29 is 28.6 Å². The molecule has 1 heterocycles. The van der Waals surface area contributed by atoms with E-state index in [1.165, 1.54) is 5.56 Å². The summed E-state index contributed by atoms with van der Waals surface area (Å²) in [7, 11) is 0. The second-order valence-electron chi connectivity index (χ2n) is 8.57. The Labute approximate surface area is 188 Å². The Balaban J connectivity index is 1.83. The van der Waals surface area contributed by atoms with Gasteiger partial charge in [0.05, 0.1) is 12.5 Å². The number of nitrogens with zero attached hydrogens (tertiary/aromatic N) is 1. The number of carbonyl (C=O) groups excluding carboxylic acids is 1. The zero-order valence-electron chi connectivity index (χ0n) is 18.6. The third-order valence-electron chi connectivity index (χ3n) is 5.84. The maximum atomic E-state index is 14.0. The molecule has 0 aliphatic carbocycles. The zero-order valence-corrected chi connectivity index (χ0v) is 18.6. The van der Waals surface area contributed by atoms with Crippen LogP contribution in [0.1, 0.15) is 63.9 Å². The van der Waals surface area contributed by atoms with Gasteiger partial charge >= 0.3 is 11.9 Å². The van der Waals surface area contributed by atoms with Crippen LogP contribution in [0.15, 0.2) is 30.3 Å². The van der Waals surface area contributed by atoms with E-state index in [1.54, 1.807) is 0 Å². The highest BCUT2D eigenvalue weighted by molar-refractivity contribution is 5.86. The summed E-state index contributed by atoms with van der Waals surface area (Å²) in [6.45, 7) is 2.04. The highest BCUT2D eigenvalue weighted by atomic mass is 19.3. The fraction of sp³-hybridized carbons (Fsp3) is 0.600. The second-order valence-corrected chi connectivity index (χ2v) is 8.57. The predicted octanol–water partition coefficient (Wildman–Crippen LogP) is 4.28. The molecule has 0 saturated carbocycles. The molecule has 1 aliphatic heterocycles. The summed E-state index contributed by atoms with van der Waals surface area (Å²) in [6, 6.07) is 9.13. The van der Waals surface area contributed by atoms with Crippen LogP contribution in [0.5, 0.6) is 0 Å². The van der Waals surface area contributed by atoms with Gasteiger partial charge in [-0.05, 0) is 43.6 Å². The Kier molecular flexibility index (Phi) is 10.1. The van der Waals surface area contributed by atoms with Gasteiger partial charge in [0.25, 0.3) is 5.91 Å². The van der Waals surface area contributed by atoms with Crippen LogP contribution in [0.2, 0.25) is 0 Å². The van der Waals surface area contributed by atoms with Gasteiger partial charge in [0.1, 0.15) is 6.10 Å². The third-order valence-corrected chi connectivity index (χ3v) is 5.84. The first-order valence-corrected chi connectivity index (χ1v) is 11.3. The lowest BCUT2D eigenvalue weighted by atomic mass is 9.96. The number of hydrogen-bond acceptors (Lipinski definition) is 3. The lowest BCUT2D eigenvalue weighted by Gasteiger charge is -2.20. The number of carboxylic acid groups (broad SMARTS) is 1. The average Bonchev–Trinajstić information content (AvgIpc) is 2.97. The van der Waals surface area contributed by atoms with Gasteiger partial charge in [-0.1, -0.05) is 61.9 Å². The molecule has 1 aromatic rings. The molecule has 1 amide bonds. The highest BCUT2D eigenvalue weighted by Crippen LogP contribution is 2.33. The molecule has 1 aliphatic rings. The molecule has 7 heteroatoms. The molecule has 0 radical (unpaired) electrons. The molecule has 0 spiro atoms. The number of carbonyl (C=O) groups is 2. The number of aliphatic hydroxyl groups is 1. The van der Waals surface area contributed by atoms with Crippen LogP contribution in [0.3, 0.4) is 0 Å². The molecule has 0 bridgehead atoms. The summed E-state index contributed by atoms with van der Waals surface area (Å²) >= 11 is 0. The smallest absolute Gasteiger partial charge is 0.327 e. The summed E-state index contributed by atoms with van der Waals surface area (Å²) in [5.41, 5.74) is 1.23. The van der Waals surface area contributed by atoms with E-state index in [4.69, 9.17) is 5.11 Å². The van der Waals surface area contributed by atoms with Crippen molar-refractivity contribution in [2.45, 2.75) is 82.8 Å². The van der Waals surface area contributed by atoms with Crippen LogP contribution in [0.4, 0.5) is 8.78 Å². The molecule has 1 saturated heterocycles. The average molecular weight is 450 g/mol. The molecule has 0 aromatic heterocycles. The summed E-state index contributed by atoms with van der Waals surface area (Å²) in [6.07, 6.45) is 3.38. The van der Waals surface area contributed by atoms with Crippen molar-refractivity contribution in [2.24, 2.45) is 5.92 Å². The fourth-order valence-corrected chi connectivity index (χ4v) is 3.84. The summed E-state index contributed by atoms with van der Waals surface area (Å²) in [5, 5.41) is 19.0. The summed E-state index contributed by atoms with van der Waals surface area (Å²) in [5.74, 6) is -0.196. The predicted molar refractivity (Wildman–Crippen MR) is 118 cm³/mol. The van der Waals surface area contributed by atoms with Crippen LogP contribution in [-0.2, 0) is 16.0 Å². The van der Waals surface area contributed by atoms with Gasteiger partial charge in [0.15, 0.2) is 0 Å². The summed E-state index contributed by atoms with van der Waals surface area (Å²) < 4.78 is 28.0. The van der Waals surface area contributed by atoms with Crippen molar-refractivity contribution in [1.82, 2.24) is 4.90 Å². The SMILES string of the molecule is C[C@@H](CCCc1ccccc1)[C@H](O)C#CC1CC(F)(F)C(=O)N1CCCCCCC(=O)O. The number of carboxylic acids is 1. The summed E-state index contributed by atoms with van der Waals surface area (Å²) in [4.78, 5) is 23.7. The lowest BCUT2D eigenvalue weighted by Crippen LogP contribution is -2.36. The number of aliphatic hydroxyl groups excluding tert-OH is 1. The number of alkyl halides is 2. The number of benzene rings is 1. The first-order chi connectivity index (χ1) is 15.2. The number of halogens is 2. The molecule has 1 fully saturated rings. The normalized spacial score (nSPS) is 19.3. The van der Waals surface area contributed by atoms with Gasteiger partial charge in [0.2, 0.25) is 0 Å². The van der Waals surface area contributed by atoms with E-state index < -0.39 is 36.4 Å². The van der Waals surface area contributed by atoms with E-state index in [9.17, 15) is 23.5 Å². The Morgan fingerprint density at radius 2 is 1.88 bits per heavy atom.